The van der Waals surface area contributed by atoms with Crippen LogP contribution in [0.5, 0.6) is 0 Å². The van der Waals surface area contributed by atoms with Crippen molar-refractivity contribution in [2.45, 2.75) is 11.8 Å². The second kappa shape index (κ2) is 10.1. The Balaban J connectivity index is 1.18. The van der Waals surface area contributed by atoms with E-state index in [2.05, 4.69) is 181 Å². The van der Waals surface area contributed by atoms with Gasteiger partial charge in [0.2, 0.25) is 0 Å². The van der Waals surface area contributed by atoms with E-state index in [1.807, 2.05) is 0 Å². The molecule has 1 aliphatic carbocycles. The number of hydrogen-bond acceptors (Lipinski definition) is 0. The van der Waals surface area contributed by atoms with Gasteiger partial charge in [-0.25, -0.2) is 0 Å². The van der Waals surface area contributed by atoms with E-state index in [1.54, 1.807) is 0 Å². The molecule has 0 fully saturated rings. The molecule has 2 heteroatoms. The van der Waals surface area contributed by atoms with Crippen molar-refractivity contribution < 1.29 is 0 Å². The Hall–Kier alpha value is -5.86. The van der Waals surface area contributed by atoms with Gasteiger partial charge < -0.3 is 9.13 Å². The van der Waals surface area contributed by atoms with Crippen LogP contribution < -0.4 is 0 Å². The average Bonchev–Trinajstić information content (AvgIpc) is 3.72. The Morgan fingerprint density at radius 3 is 1.71 bits per heavy atom. The minimum atomic E-state index is -0.398. The minimum Gasteiger partial charge on any atom is -0.344 e. The van der Waals surface area contributed by atoms with E-state index in [4.69, 9.17) is 0 Å². The van der Waals surface area contributed by atoms with Gasteiger partial charge in [0.25, 0.3) is 0 Å². The monoisotopic (exact) mass is 614 g/mol. The normalized spacial score (nSPS) is 13.5. The van der Waals surface area contributed by atoms with Crippen LogP contribution in [0.15, 0.2) is 158 Å². The zero-order valence-corrected chi connectivity index (χ0v) is 27.1. The van der Waals surface area contributed by atoms with Gasteiger partial charge in [-0.3, -0.25) is 0 Å². The van der Waals surface area contributed by atoms with E-state index in [1.165, 1.54) is 88.1 Å². The van der Waals surface area contributed by atoms with Crippen LogP contribution >= 0.6 is 0 Å². The van der Waals surface area contributed by atoms with E-state index in [9.17, 15) is 0 Å². The van der Waals surface area contributed by atoms with Crippen LogP contribution in [0.4, 0.5) is 0 Å². The van der Waals surface area contributed by atoms with Gasteiger partial charge >= 0.3 is 0 Å². The summed E-state index contributed by atoms with van der Waals surface area (Å²) in [5.41, 5.74) is 15.4. The molecule has 0 saturated carbocycles. The number of rotatable bonds is 4. The molecule has 0 N–H and O–H groups in total. The van der Waals surface area contributed by atoms with E-state index < -0.39 is 5.41 Å². The van der Waals surface area contributed by atoms with E-state index in [0.29, 0.717) is 0 Å². The first-order chi connectivity index (χ1) is 23.6. The molecule has 0 atom stereocenters. The second-order valence-corrected chi connectivity index (χ2v) is 13.4. The standard InChI is InChI=1S/C46H34N2/c1-47-41-20-12-10-17-34(41)37-28-30(21-25-42(37)47)27-31-22-26-43-38(29-31)35-23-24-40-44(45(35)48(43)2)36-18-9-11-19-39(36)46(40,32-13-5-3-6-14-32)33-15-7-4-8-16-33/h3-26,28-29H,27H2,1-2H3. The summed E-state index contributed by atoms with van der Waals surface area (Å²) in [5.74, 6) is 0. The first-order valence-electron chi connectivity index (χ1n) is 16.9. The van der Waals surface area contributed by atoms with Crippen LogP contribution in [0, 0.1) is 0 Å². The Bertz CT molecular complexity index is 2670. The highest BCUT2D eigenvalue weighted by Crippen LogP contribution is 2.58. The van der Waals surface area contributed by atoms with Gasteiger partial charge in [0, 0.05) is 57.8 Å². The highest BCUT2D eigenvalue weighted by Gasteiger charge is 2.47. The Kier molecular flexibility index (Phi) is 5.72. The number of fused-ring (bicyclic) bond motifs is 10. The summed E-state index contributed by atoms with van der Waals surface area (Å²) in [6, 6.07) is 58.8. The number of benzene rings is 7. The van der Waals surface area contributed by atoms with Gasteiger partial charge in [0.05, 0.1) is 10.9 Å². The third-order valence-corrected chi connectivity index (χ3v) is 11.0. The molecule has 0 bridgehead atoms. The molecule has 10 rings (SSSR count). The number of nitrogens with zero attached hydrogens (tertiary/aromatic N) is 2. The van der Waals surface area contributed by atoms with Crippen molar-refractivity contribution in [1.29, 1.82) is 0 Å². The second-order valence-electron chi connectivity index (χ2n) is 13.4. The maximum Gasteiger partial charge on any atom is 0.0714 e. The molecule has 0 aliphatic heterocycles. The zero-order valence-electron chi connectivity index (χ0n) is 27.1. The summed E-state index contributed by atoms with van der Waals surface area (Å²) in [4.78, 5) is 0. The number of para-hydroxylation sites is 1. The quantitative estimate of drug-likeness (QED) is 0.187. The van der Waals surface area contributed by atoms with Gasteiger partial charge in [-0.1, -0.05) is 127 Å². The molecular formula is C46H34N2. The molecule has 2 nitrogen and oxygen atoms in total. The molecule has 1 aliphatic rings. The molecule has 0 unspecified atom stereocenters. The smallest absolute Gasteiger partial charge is 0.0714 e. The Labute approximate surface area is 280 Å². The van der Waals surface area contributed by atoms with E-state index >= 15 is 0 Å². The fourth-order valence-corrected chi connectivity index (χ4v) is 8.96. The maximum atomic E-state index is 2.43. The van der Waals surface area contributed by atoms with Gasteiger partial charge in [0.1, 0.15) is 0 Å². The third kappa shape index (κ3) is 3.58. The summed E-state index contributed by atoms with van der Waals surface area (Å²) in [6.07, 6.45) is 0.893. The van der Waals surface area contributed by atoms with Crippen molar-refractivity contribution in [2.24, 2.45) is 14.1 Å². The summed E-state index contributed by atoms with van der Waals surface area (Å²) < 4.78 is 4.73. The van der Waals surface area contributed by atoms with Crippen molar-refractivity contribution in [3.05, 3.63) is 191 Å². The third-order valence-electron chi connectivity index (χ3n) is 11.0. The van der Waals surface area contributed by atoms with E-state index in [-0.39, 0.29) is 0 Å². The van der Waals surface area contributed by atoms with Crippen molar-refractivity contribution >= 4 is 43.6 Å². The summed E-state index contributed by atoms with van der Waals surface area (Å²) in [5, 5.41) is 5.27. The van der Waals surface area contributed by atoms with Crippen LogP contribution in [0.25, 0.3) is 54.7 Å². The lowest BCUT2D eigenvalue weighted by Crippen LogP contribution is -2.28. The SMILES string of the molecule is Cn1c2ccccc2c2cc(Cc3ccc4c(c3)c3ccc5c(c3n4C)-c3ccccc3C5(c3ccccc3)c3ccccc3)ccc21. The first kappa shape index (κ1) is 27.3. The molecule has 228 valence electrons. The molecule has 0 saturated heterocycles. The number of aromatic nitrogens is 2. The average molecular weight is 615 g/mol. The van der Waals surface area contributed by atoms with Crippen LogP contribution in [-0.2, 0) is 25.9 Å². The lowest BCUT2D eigenvalue weighted by atomic mass is 9.67. The minimum absolute atomic E-state index is 0.398. The van der Waals surface area contributed by atoms with Crippen LogP contribution in [-0.4, -0.2) is 9.13 Å². The predicted octanol–water partition coefficient (Wildman–Crippen LogP) is 10.9. The molecule has 0 spiro atoms. The highest BCUT2D eigenvalue weighted by atomic mass is 14.9. The van der Waals surface area contributed by atoms with Crippen LogP contribution in [0.1, 0.15) is 33.4 Å². The van der Waals surface area contributed by atoms with Crippen LogP contribution in [0.3, 0.4) is 0 Å². The Morgan fingerprint density at radius 1 is 0.438 bits per heavy atom. The molecule has 48 heavy (non-hydrogen) atoms. The fourth-order valence-electron chi connectivity index (χ4n) is 8.96. The summed E-state index contributed by atoms with van der Waals surface area (Å²) >= 11 is 0. The molecule has 0 amide bonds. The van der Waals surface area contributed by atoms with Gasteiger partial charge in [-0.15, -0.1) is 0 Å². The predicted molar refractivity (Wildman–Crippen MR) is 201 cm³/mol. The summed E-state index contributed by atoms with van der Waals surface area (Å²) in [6.45, 7) is 0. The summed E-state index contributed by atoms with van der Waals surface area (Å²) in [7, 11) is 4.41. The van der Waals surface area contributed by atoms with Gasteiger partial charge in [-0.2, -0.15) is 0 Å². The highest BCUT2D eigenvalue weighted by molar-refractivity contribution is 6.15. The largest absolute Gasteiger partial charge is 0.344 e. The van der Waals surface area contributed by atoms with Gasteiger partial charge in [-0.05, 0) is 75.7 Å². The van der Waals surface area contributed by atoms with E-state index in [0.717, 1.165) is 6.42 Å². The number of hydrogen-bond donors (Lipinski definition) is 0. The molecule has 7 aromatic carbocycles. The zero-order chi connectivity index (χ0) is 32.0. The number of aryl methyl sites for hydroxylation is 2. The van der Waals surface area contributed by atoms with Gasteiger partial charge in [0.15, 0.2) is 0 Å². The molecule has 9 aromatic rings. The lowest BCUT2D eigenvalue weighted by molar-refractivity contribution is 0.769. The topological polar surface area (TPSA) is 9.86 Å². The molecule has 2 aromatic heterocycles. The first-order valence-corrected chi connectivity index (χ1v) is 16.9. The lowest BCUT2D eigenvalue weighted by Gasteiger charge is -2.33. The van der Waals surface area contributed by atoms with Crippen molar-refractivity contribution in [3.8, 4) is 11.1 Å². The maximum absolute atomic E-state index is 2.43. The molecule has 0 radical (unpaired) electrons. The fraction of sp³-hybridized carbons (Fsp3) is 0.0870. The van der Waals surface area contributed by atoms with Crippen LogP contribution in [0.2, 0.25) is 0 Å². The van der Waals surface area contributed by atoms with Crippen molar-refractivity contribution in [1.82, 2.24) is 9.13 Å². The molecule has 2 heterocycles. The van der Waals surface area contributed by atoms with Crippen molar-refractivity contribution in [2.75, 3.05) is 0 Å². The Morgan fingerprint density at radius 2 is 1.00 bits per heavy atom. The van der Waals surface area contributed by atoms with Crippen molar-refractivity contribution in [3.63, 3.8) is 0 Å². The molecular weight excluding hydrogens is 581 g/mol.